The van der Waals surface area contributed by atoms with Gasteiger partial charge in [0.15, 0.2) is 0 Å². The van der Waals surface area contributed by atoms with Gasteiger partial charge in [-0.1, -0.05) is 26.0 Å². The lowest BCUT2D eigenvalue weighted by Gasteiger charge is -2.35. The minimum atomic E-state index is 0.517. The van der Waals surface area contributed by atoms with Gasteiger partial charge in [0.1, 0.15) is 5.75 Å². The number of methoxy groups -OCH3 is 1. The second-order valence-electron chi connectivity index (χ2n) is 6.00. The van der Waals surface area contributed by atoms with Crippen LogP contribution in [0.1, 0.15) is 44.7 Å². The largest absolute Gasteiger partial charge is 0.497 e. The van der Waals surface area contributed by atoms with Crippen molar-refractivity contribution in [2.45, 2.75) is 39.2 Å². The first-order chi connectivity index (χ1) is 10.3. The molecular weight excluding hydrogens is 260 g/mol. The lowest BCUT2D eigenvalue weighted by molar-refractivity contribution is 0.157. The number of nitrogens with zero attached hydrogens (tertiary/aromatic N) is 1. The van der Waals surface area contributed by atoms with E-state index in [9.17, 15) is 0 Å². The van der Waals surface area contributed by atoms with E-state index in [1.807, 2.05) is 0 Å². The zero-order chi connectivity index (χ0) is 15.1. The van der Waals surface area contributed by atoms with Crippen LogP contribution in [-0.4, -0.2) is 38.2 Å². The van der Waals surface area contributed by atoms with Gasteiger partial charge in [0.2, 0.25) is 0 Å². The van der Waals surface area contributed by atoms with Crippen molar-refractivity contribution in [2.24, 2.45) is 5.92 Å². The van der Waals surface area contributed by atoms with Crippen LogP contribution in [0.4, 0.5) is 0 Å². The van der Waals surface area contributed by atoms with E-state index in [0.29, 0.717) is 6.04 Å². The van der Waals surface area contributed by atoms with Crippen LogP contribution in [-0.2, 0) is 0 Å². The molecule has 2 rings (SSSR count). The molecule has 118 valence electrons. The molecule has 0 bridgehead atoms. The van der Waals surface area contributed by atoms with Gasteiger partial charge in [-0.3, -0.25) is 4.90 Å². The lowest BCUT2D eigenvalue weighted by Crippen LogP contribution is -2.39. The molecule has 1 heterocycles. The third-order valence-electron chi connectivity index (χ3n) is 4.63. The van der Waals surface area contributed by atoms with Gasteiger partial charge in [0, 0.05) is 12.6 Å². The monoisotopic (exact) mass is 290 g/mol. The molecule has 0 spiro atoms. The zero-order valence-corrected chi connectivity index (χ0v) is 13.8. The van der Waals surface area contributed by atoms with Crippen molar-refractivity contribution in [3.8, 4) is 5.75 Å². The molecule has 2 unspecified atom stereocenters. The van der Waals surface area contributed by atoms with Gasteiger partial charge in [-0.25, -0.2) is 0 Å². The number of ether oxygens (including phenoxy) is 1. The summed E-state index contributed by atoms with van der Waals surface area (Å²) in [6, 6.07) is 9.11. The van der Waals surface area contributed by atoms with E-state index in [4.69, 9.17) is 4.74 Å². The van der Waals surface area contributed by atoms with Crippen molar-refractivity contribution < 1.29 is 4.74 Å². The molecule has 0 radical (unpaired) electrons. The van der Waals surface area contributed by atoms with Gasteiger partial charge < -0.3 is 10.1 Å². The average Bonchev–Trinajstić information content (AvgIpc) is 2.56. The average molecular weight is 290 g/mol. The molecule has 1 fully saturated rings. The molecule has 1 aromatic carbocycles. The maximum absolute atomic E-state index is 5.27. The molecule has 1 aliphatic heterocycles. The van der Waals surface area contributed by atoms with Gasteiger partial charge in [-0.2, -0.15) is 0 Å². The topological polar surface area (TPSA) is 24.5 Å². The second kappa shape index (κ2) is 8.40. The highest BCUT2D eigenvalue weighted by Crippen LogP contribution is 2.27. The van der Waals surface area contributed by atoms with Crippen molar-refractivity contribution in [1.29, 1.82) is 0 Å². The van der Waals surface area contributed by atoms with Crippen LogP contribution in [0, 0.1) is 5.92 Å². The molecule has 2 atom stereocenters. The Morgan fingerprint density at radius 1 is 1.29 bits per heavy atom. The first kappa shape index (κ1) is 16.3. The van der Waals surface area contributed by atoms with E-state index in [0.717, 1.165) is 24.6 Å². The quantitative estimate of drug-likeness (QED) is 0.832. The number of benzene rings is 1. The zero-order valence-electron chi connectivity index (χ0n) is 13.8. The number of hydrogen-bond donors (Lipinski definition) is 1. The summed E-state index contributed by atoms with van der Waals surface area (Å²) in [6.07, 6.45) is 3.84. The summed E-state index contributed by atoms with van der Waals surface area (Å²) in [5, 5.41) is 3.53. The minimum Gasteiger partial charge on any atom is -0.497 e. The Labute approximate surface area is 129 Å². The van der Waals surface area contributed by atoms with E-state index in [1.165, 1.54) is 38.0 Å². The highest BCUT2D eigenvalue weighted by atomic mass is 16.5. The van der Waals surface area contributed by atoms with Gasteiger partial charge in [-0.15, -0.1) is 0 Å². The first-order valence-corrected chi connectivity index (χ1v) is 8.37. The summed E-state index contributed by atoms with van der Waals surface area (Å²) < 4.78 is 5.27. The third-order valence-corrected chi connectivity index (χ3v) is 4.63. The molecule has 0 saturated carbocycles. The molecule has 1 aliphatic rings. The summed E-state index contributed by atoms with van der Waals surface area (Å²) in [6.45, 7) is 9.25. The van der Waals surface area contributed by atoms with Crippen LogP contribution in [0.15, 0.2) is 24.3 Å². The highest BCUT2D eigenvalue weighted by molar-refractivity contribution is 5.29. The van der Waals surface area contributed by atoms with E-state index >= 15 is 0 Å². The normalized spacial score (nSPS) is 20.5. The van der Waals surface area contributed by atoms with E-state index in [2.05, 4.69) is 48.3 Å². The summed E-state index contributed by atoms with van der Waals surface area (Å²) in [5.74, 6) is 1.74. The lowest BCUT2D eigenvalue weighted by atomic mass is 9.96. The second-order valence-corrected chi connectivity index (χ2v) is 6.00. The van der Waals surface area contributed by atoms with Crippen molar-refractivity contribution in [2.75, 3.05) is 33.3 Å². The molecule has 21 heavy (non-hydrogen) atoms. The Morgan fingerprint density at radius 2 is 2.05 bits per heavy atom. The number of hydrogen-bond acceptors (Lipinski definition) is 3. The number of rotatable bonds is 7. The standard InChI is InChI=1S/C18H30N2O/c1-4-18(16-8-10-17(21-3)11-9-16)20(5-2)14-15-7-6-12-19-13-15/h8-11,15,18-19H,4-7,12-14H2,1-3H3. The fourth-order valence-corrected chi connectivity index (χ4v) is 3.42. The molecular formula is C18H30N2O. The SMILES string of the molecule is CCC(c1ccc(OC)cc1)N(CC)CC1CCCNC1. The third kappa shape index (κ3) is 4.45. The van der Waals surface area contributed by atoms with Gasteiger partial charge >= 0.3 is 0 Å². The molecule has 0 amide bonds. The number of piperidine rings is 1. The predicted molar refractivity (Wildman–Crippen MR) is 88.9 cm³/mol. The van der Waals surface area contributed by atoms with E-state index < -0.39 is 0 Å². The minimum absolute atomic E-state index is 0.517. The number of nitrogens with one attached hydrogen (secondary N) is 1. The Balaban J connectivity index is 2.04. The Hall–Kier alpha value is -1.06. The van der Waals surface area contributed by atoms with Gasteiger partial charge in [0.25, 0.3) is 0 Å². The molecule has 0 aliphatic carbocycles. The van der Waals surface area contributed by atoms with Crippen LogP contribution in [0.25, 0.3) is 0 Å². The Morgan fingerprint density at radius 3 is 2.57 bits per heavy atom. The molecule has 1 N–H and O–H groups in total. The highest BCUT2D eigenvalue weighted by Gasteiger charge is 2.22. The van der Waals surface area contributed by atoms with Crippen molar-refractivity contribution in [3.05, 3.63) is 29.8 Å². The summed E-state index contributed by atoms with van der Waals surface area (Å²) in [4.78, 5) is 2.64. The molecule has 3 heteroatoms. The Kier molecular flexibility index (Phi) is 6.52. The van der Waals surface area contributed by atoms with Crippen molar-refractivity contribution in [3.63, 3.8) is 0 Å². The van der Waals surface area contributed by atoms with Crippen molar-refractivity contribution in [1.82, 2.24) is 10.2 Å². The Bertz CT molecular complexity index is 398. The molecule has 0 aromatic heterocycles. The maximum atomic E-state index is 5.27. The van der Waals surface area contributed by atoms with Crippen LogP contribution in [0.2, 0.25) is 0 Å². The van der Waals surface area contributed by atoms with E-state index in [1.54, 1.807) is 7.11 Å². The van der Waals surface area contributed by atoms with Crippen LogP contribution < -0.4 is 10.1 Å². The van der Waals surface area contributed by atoms with E-state index in [-0.39, 0.29) is 0 Å². The van der Waals surface area contributed by atoms with Gasteiger partial charge in [0.05, 0.1) is 7.11 Å². The van der Waals surface area contributed by atoms with Crippen LogP contribution in [0.3, 0.4) is 0 Å². The molecule has 1 aromatic rings. The summed E-state index contributed by atoms with van der Waals surface area (Å²) in [5.41, 5.74) is 1.41. The smallest absolute Gasteiger partial charge is 0.118 e. The maximum Gasteiger partial charge on any atom is 0.118 e. The predicted octanol–water partition coefficient (Wildman–Crippen LogP) is 3.47. The van der Waals surface area contributed by atoms with Crippen LogP contribution >= 0.6 is 0 Å². The fourth-order valence-electron chi connectivity index (χ4n) is 3.42. The van der Waals surface area contributed by atoms with Gasteiger partial charge in [-0.05, 0) is 62.5 Å². The summed E-state index contributed by atoms with van der Waals surface area (Å²) in [7, 11) is 1.72. The fraction of sp³-hybridized carbons (Fsp3) is 0.667. The molecule has 3 nitrogen and oxygen atoms in total. The first-order valence-electron chi connectivity index (χ1n) is 8.37. The summed E-state index contributed by atoms with van der Waals surface area (Å²) >= 11 is 0. The van der Waals surface area contributed by atoms with Crippen LogP contribution in [0.5, 0.6) is 5.75 Å². The molecule has 1 saturated heterocycles. The van der Waals surface area contributed by atoms with Crippen molar-refractivity contribution >= 4 is 0 Å².